The van der Waals surface area contributed by atoms with E-state index in [9.17, 15) is 4.79 Å². The largest absolute Gasteiger partial charge is 0.497 e. The number of carbonyl (C=O) groups is 1. The van der Waals surface area contributed by atoms with E-state index in [1.807, 2.05) is 42.5 Å². The first-order valence-corrected chi connectivity index (χ1v) is 9.07. The monoisotopic (exact) mass is 389 g/mol. The number of aromatic nitrogens is 1. The zero-order valence-electron chi connectivity index (χ0n) is 16.1. The second kappa shape index (κ2) is 8.99. The van der Waals surface area contributed by atoms with Gasteiger partial charge in [0.15, 0.2) is 0 Å². The van der Waals surface area contributed by atoms with Gasteiger partial charge in [0.05, 0.1) is 13.2 Å². The molecule has 0 aliphatic rings. The number of fused-ring (bicyclic) bond motifs is 1. The molecule has 7 nitrogen and oxygen atoms in total. The highest BCUT2D eigenvalue weighted by Gasteiger charge is 2.16. The zero-order valence-corrected chi connectivity index (χ0v) is 16.1. The number of hydrogen-bond donors (Lipinski definition) is 4. The fourth-order valence-corrected chi connectivity index (χ4v) is 3.04. The second-order valence-corrected chi connectivity index (χ2v) is 6.44. The number of pyridine rings is 1. The molecule has 0 radical (unpaired) electrons. The topological polar surface area (TPSA) is 127 Å². The van der Waals surface area contributed by atoms with E-state index in [1.54, 1.807) is 19.4 Å². The number of hydrogen-bond acceptors (Lipinski definition) is 6. The van der Waals surface area contributed by atoms with Crippen LogP contribution in [0, 0.1) is 5.41 Å². The van der Waals surface area contributed by atoms with Crippen molar-refractivity contribution < 1.29 is 9.53 Å². The number of ether oxygens (including phenoxy) is 1. The van der Waals surface area contributed by atoms with Crippen LogP contribution in [0.5, 0.6) is 5.75 Å². The summed E-state index contributed by atoms with van der Waals surface area (Å²) in [6.45, 7) is 0.237. The van der Waals surface area contributed by atoms with Crippen molar-refractivity contribution >= 4 is 28.5 Å². The molecule has 3 rings (SSSR count). The first-order valence-electron chi connectivity index (χ1n) is 9.07. The second-order valence-electron chi connectivity index (χ2n) is 6.44. The van der Waals surface area contributed by atoms with Gasteiger partial charge in [0.25, 0.3) is 5.91 Å². The van der Waals surface area contributed by atoms with Crippen LogP contribution < -0.4 is 21.5 Å². The van der Waals surface area contributed by atoms with E-state index in [1.165, 1.54) is 12.4 Å². The van der Waals surface area contributed by atoms with E-state index < -0.39 is 0 Å². The Labute approximate surface area is 168 Å². The normalized spacial score (nSPS) is 12.4. The Bertz CT molecular complexity index is 1080. The van der Waals surface area contributed by atoms with Gasteiger partial charge < -0.3 is 26.9 Å². The van der Waals surface area contributed by atoms with Crippen LogP contribution in [0.15, 0.2) is 60.9 Å². The van der Waals surface area contributed by atoms with Crippen LogP contribution in [0.1, 0.15) is 27.7 Å². The summed E-state index contributed by atoms with van der Waals surface area (Å²) in [5.41, 5.74) is 14.0. The van der Waals surface area contributed by atoms with Gasteiger partial charge in [-0.25, -0.2) is 0 Å². The summed E-state index contributed by atoms with van der Waals surface area (Å²) in [5.74, 6) is 0.374. The lowest BCUT2D eigenvalue weighted by atomic mass is 10.0. The molecule has 2 aromatic carbocycles. The van der Waals surface area contributed by atoms with Crippen molar-refractivity contribution in [2.75, 3.05) is 13.7 Å². The Hall–Kier alpha value is -3.71. The molecule has 0 fully saturated rings. The highest BCUT2D eigenvalue weighted by molar-refractivity contribution is 6.09. The van der Waals surface area contributed by atoms with Gasteiger partial charge in [-0.2, -0.15) is 0 Å². The summed E-state index contributed by atoms with van der Waals surface area (Å²) in [7, 11) is 1.59. The summed E-state index contributed by atoms with van der Waals surface area (Å²) >= 11 is 0. The summed E-state index contributed by atoms with van der Waals surface area (Å²) in [6.07, 6.45) is 4.21. The van der Waals surface area contributed by atoms with E-state index in [4.69, 9.17) is 21.6 Å². The molecule has 3 aromatic rings. The summed E-state index contributed by atoms with van der Waals surface area (Å²) in [6, 6.07) is 14.4. The Morgan fingerprint density at radius 3 is 2.76 bits per heavy atom. The van der Waals surface area contributed by atoms with E-state index in [0.717, 1.165) is 21.9 Å². The van der Waals surface area contributed by atoms with Gasteiger partial charge in [-0.1, -0.05) is 24.3 Å². The van der Waals surface area contributed by atoms with E-state index in [0.29, 0.717) is 11.3 Å². The average molecular weight is 389 g/mol. The maximum absolute atomic E-state index is 12.8. The van der Waals surface area contributed by atoms with Gasteiger partial charge in [0.1, 0.15) is 11.4 Å². The average Bonchev–Trinajstić information content (AvgIpc) is 2.77. The molecule has 1 unspecified atom stereocenters. The molecule has 0 saturated heterocycles. The van der Waals surface area contributed by atoms with Gasteiger partial charge in [-0.3, -0.25) is 9.78 Å². The molecule has 0 aliphatic heterocycles. The van der Waals surface area contributed by atoms with Gasteiger partial charge >= 0.3 is 0 Å². The number of nitrogens with one attached hydrogen (secondary N) is 2. The highest BCUT2D eigenvalue weighted by atomic mass is 16.5. The predicted octanol–water partition coefficient (Wildman–Crippen LogP) is 2.62. The number of carbonyl (C=O) groups excluding carboxylic acids is 1. The fourth-order valence-electron chi connectivity index (χ4n) is 3.04. The molecule has 0 bridgehead atoms. The molecule has 0 saturated carbocycles. The van der Waals surface area contributed by atoms with Crippen LogP contribution in [0.3, 0.4) is 0 Å². The van der Waals surface area contributed by atoms with Crippen molar-refractivity contribution in [1.82, 2.24) is 10.3 Å². The van der Waals surface area contributed by atoms with Crippen LogP contribution in [0.25, 0.3) is 16.3 Å². The third-order valence-electron chi connectivity index (χ3n) is 4.66. The Morgan fingerprint density at radius 1 is 1.24 bits per heavy atom. The highest BCUT2D eigenvalue weighted by Crippen LogP contribution is 2.22. The van der Waals surface area contributed by atoms with E-state index in [-0.39, 0.29) is 24.2 Å². The number of nitrogens with two attached hydrogens (primary N) is 2. The summed E-state index contributed by atoms with van der Waals surface area (Å²) < 4.78 is 5.24. The summed E-state index contributed by atoms with van der Waals surface area (Å²) in [4.78, 5) is 17.1. The molecule has 7 heteroatoms. The van der Waals surface area contributed by atoms with Crippen molar-refractivity contribution in [3.05, 3.63) is 77.7 Å². The Morgan fingerprint density at radius 2 is 2.07 bits per heavy atom. The number of nitrogens with zero attached hydrogens (tertiary/aromatic N) is 1. The van der Waals surface area contributed by atoms with Crippen LogP contribution in [-0.4, -0.2) is 30.8 Å². The van der Waals surface area contributed by atoms with E-state index >= 15 is 0 Å². The number of amides is 1. The molecule has 1 amide bonds. The van der Waals surface area contributed by atoms with Crippen LogP contribution in [-0.2, 0) is 0 Å². The predicted molar refractivity (Wildman–Crippen MR) is 115 cm³/mol. The van der Waals surface area contributed by atoms with Crippen molar-refractivity contribution in [3.8, 4) is 5.75 Å². The number of benzene rings is 2. The molecular weight excluding hydrogens is 366 g/mol. The number of rotatable bonds is 7. The molecule has 29 heavy (non-hydrogen) atoms. The van der Waals surface area contributed by atoms with Crippen molar-refractivity contribution in [2.24, 2.45) is 11.5 Å². The van der Waals surface area contributed by atoms with E-state index in [2.05, 4.69) is 10.3 Å². The lowest BCUT2D eigenvalue weighted by molar-refractivity contribution is 0.0933. The quantitative estimate of drug-likeness (QED) is 0.462. The molecule has 0 spiro atoms. The van der Waals surface area contributed by atoms with Crippen molar-refractivity contribution in [3.63, 3.8) is 0 Å². The minimum absolute atomic E-state index is 0.237. The third kappa shape index (κ3) is 4.41. The van der Waals surface area contributed by atoms with Gasteiger partial charge in [0, 0.05) is 36.1 Å². The minimum Gasteiger partial charge on any atom is -0.497 e. The lowest BCUT2D eigenvalue weighted by Crippen LogP contribution is -2.33. The summed E-state index contributed by atoms with van der Waals surface area (Å²) in [5, 5.41) is 12.1. The standard InChI is InChI=1S/C22H23N5O2/c1-29-19-4-2-3-15(8-19)21(12-25)27-22(28)20-9-17-7-14(18(10-23)11-24)5-6-16(17)13-26-20/h2-11,13,21,23H,12,24-25H2,1H3,(H,27,28)/b18-11+,23-10?. The van der Waals surface area contributed by atoms with Crippen LogP contribution in [0.4, 0.5) is 0 Å². The lowest BCUT2D eigenvalue weighted by Gasteiger charge is -2.18. The molecule has 6 N–H and O–H groups in total. The first kappa shape index (κ1) is 20.0. The van der Waals surface area contributed by atoms with Crippen molar-refractivity contribution in [1.29, 1.82) is 5.41 Å². The Kier molecular flexibility index (Phi) is 6.21. The molecule has 1 heterocycles. The maximum atomic E-state index is 12.8. The van der Waals surface area contributed by atoms with Gasteiger partial charge in [-0.05, 0) is 40.8 Å². The first-order chi connectivity index (χ1) is 14.1. The third-order valence-corrected chi connectivity index (χ3v) is 4.66. The maximum Gasteiger partial charge on any atom is 0.270 e. The molecule has 148 valence electrons. The SMILES string of the molecule is COc1cccc(C(CN)NC(=O)c2cc3cc(/C(C=N)=C/N)ccc3cn2)c1. The van der Waals surface area contributed by atoms with Crippen LogP contribution in [0.2, 0.25) is 0 Å². The molecule has 1 aromatic heterocycles. The zero-order chi connectivity index (χ0) is 20.8. The van der Waals surface area contributed by atoms with Gasteiger partial charge in [-0.15, -0.1) is 0 Å². The van der Waals surface area contributed by atoms with Gasteiger partial charge in [0.2, 0.25) is 0 Å². The minimum atomic E-state index is -0.369. The molecule has 0 aliphatic carbocycles. The smallest absolute Gasteiger partial charge is 0.270 e. The number of allylic oxidation sites excluding steroid dienone is 1. The van der Waals surface area contributed by atoms with Crippen LogP contribution >= 0.6 is 0 Å². The number of methoxy groups -OCH3 is 1. The molecular formula is C22H23N5O2. The van der Waals surface area contributed by atoms with Crippen molar-refractivity contribution in [2.45, 2.75) is 6.04 Å². The molecule has 1 atom stereocenters. The fraction of sp³-hybridized carbons (Fsp3) is 0.136. The Balaban J connectivity index is 1.88.